The first-order chi connectivity index (χ1) is 12.2. The van der Waals surface area contributed by atoms with Crippen molar-refractivity contribution in [3.8, 4) is 0 Å². The molecule has 2 heterocycles. The van der Waals surface area contributed by atoms with Crippen LogP contribution >= 0.6 is 0 Å². The van der Waals surface area contributed by atoms with Crippen LogP contribution in [0.5, 0.6) is 0 Å². The maximum Gasteiger partial charge on any atom is 0.251 e. The normalized spacial score (nSPS) is 17.4. The van der Waals surface area contributed by atoms with Gasteiger partial charge in [0.05, 0.1) is 0 Å². The molecule has 0 spiro atoms. The number of nitrogens with one attached hydrogen (secondary N) is 1. The van der Waals surface area contributed by atoms with Crippen LogP contribution in [0.4, 0.5) is 5.82 Å². The summed E-state index contributed by atoms with van der Waals surface area (Å²) in [5.41, 5.74) is 1.80. The molecule has 3 rings (SSSR count). The highest BCUT2D eigenvalue weighted by molar-refractivity contribution is 5.94. The van der Waals surface area contributed by atoms with E-state index in [2.05, 4.69) is 33.2 Å². The second-order valence-electron chi connectivity index (χ2n) is 6.65. The minimum absolute atomic E-state index is 0.00359. The Kier molecular flexibility index (Phi) is 5.64. The van der Waals surface area contributed by atoms with Crippen LogP contribution in [-0.2, 0) is 6.42 Å². The highest BCUT2D eigenvalue weighted by Gasteiger charge is 2.22. The zero-order valence-electron chi connectivity index (χ0n) is 15.0. The fraction of sp³-hybridized carbons (Fsp3) is 0.450. The van der Waals surface area contributed by atoms with Gasteiger partial charge in [0.15, 0.2) is 0 Å². The molecular weight excluding hydrogens is 312 g/mol. The van der Waals surface area contributed by atoms with Crippen molar-refractivity contribution in [3.05, 3.63) is 53.5 Å². The SMILES string of the molecule is CCc1cc(N2CCCC(CNC(=O)c3ccccc3)C2)nc(C)n1. The summed E-state index contributed by atoms with van der Waals surface area (Å²) in [6, 6.07) is 11.5. The number of aryl methyl sites for hydroxylation is 2. The molecule has 1 saturated heterocycles. The summed E-state index contributed by atoms with van der Waals surface area (Å²) in [4.78, 5) is 23.6. The minimum Gasteiger partial charge on any atom is -0.356 e. The summed E-state index contributed by atoms with van der Waals surface area (Å²) >= 11 is 0. The lowest BCUT2D eigenvalue weighted by atomic mass is 9.97. The fourth-order valence-corrected chi connectivity index (χ4v) is 3.32. The largest absolute Gasteiger partial charge is 0.356 e. The van der Waals surface area contributed by atoms with Gasteiger partial charge in [0.25, 0.3) is 5.91 Å². The Morgan fingerprint density at radius 2 is 2.08 bits per heavy atom. The summed E-state index contributed by atoms with van der Waals surface area (Å²) in [6.07, 6.45) is 3.17. The van der Waals surface area contributed by atoms with E-state index in [1.807, 2.05) is 37.3 Å². The highest BCUT2D eigenvalue weighted by Crippen LogP contribution is 2.22. The van der Waals surface area contributed by atoms with Gasteiger partial charge in [-0.15, -0.1) is 0 Å². The smallest absolute Gasteiger partial charge is 0.251 e. The number of hydrogen-bond donors (Lipinski definition) is 1. The van der Waals surface area contributed by atoms with Crippen molar-refractivity contribution in [2.75, 3.05) is 24.5 Å². The Morgan fingerprint density at radius 3 is 2.84 bits per heavy atom. The molecule has 0 saturated carbocycles. The van der Waals surface area contributed by atoms with Crippen molar-refractivity contribution < 1.29 is 4.79 Å². The number of carbonyl (C=O) groups excluding carboxylic acids is 1. The number of benzene rings is 1. The van der Waals surface area contributed by atoms with E-state index in [1.54, 1.807) is 0 Å². The molecule has 0 bridgehead atoms. The molecule has 25 heavy (non-hydrogen) atoms. The standard InChI is InChI=1S/C20H26N4O/c1-3-18-12-19(23-15(2)22-18)24-11-7-8-16(14-24)13-21-20(25)17-9-5-4-6-10-17/h4-6,9-10,12,16H,3,7-8,11,13-14H2,1-2H3,(H,21,25). The third-order valence-electron chi connectivity index (χ3n) is 4.67. The zero-order chi connectivity index (χ0) is 17.6. The van der Waals surface area contributed by atoms with Gasteiger partial charge in [-0.25, -0.2) is 9.97 Å². The lowest BCUT2D eigenvalue weighted by Crippen LogP contribution is -2.41. The summed E-state index contributed by atoms with van der Waals surface area (Å²) in [7, 11) is 0. The van der Waals surface area contributed by atoms with E-state index in [0.717, 1.165) is 49.7 Å². The van der Waals surface area contributed by atoms with E-state index < -0.39 is 0 Å². The van der Waals surface area contributed by atoms with Crippen molar-refractivity contribution in [1.29, 1.82) is 0 Å². The van der Waals surface area contributed by atoms with Gasteiger partial charge < -0.3 is 10.2 Å². The lowest BCUT2D eigenvalue weighted by Gasteiger charge is -2.34. The van der Waals surface area contributed by atoms with Crippen molar-refractivity contribution in [1.82, 2.24) is 15.3 Å². The van der Waals surface area contributed by atoms with Gasteiger partial charge in [-0.05, 0) is 44.2 Å². The van der Waals surface area contributed by atoms with Crippen LogP contribution in [0.15, 0.2) is 36.4 Å². The molecule has 1 unspecified atom stereocenters. The van der Waals surface area contributed by atoms with E-state index in [0.29, 0.717) is 18.0 Å². The van der Waals surface area contributed by atoms with Gasteiger partial charge in [-0.1, -0.05) is 25.1 Å². The average Bonchev–Trinajstić information content (AvgIpc) is 2.66. The fourth-order valence-electron chi connectivity index (χ4n) is 3.32. The first kappa shape index (κ1) is 17.4. The Balaban J connectivity index is 1.60. The number of carbonyl (C=O) groups is 1. The molecule has 1 aromatic heterocycles. The Hall–Kier alpha value is -2.43. The molecule has 0 radical (unpaired) electrons. The molecule has 1 aromatic carbocycles. The van der Waals surface area contributed by atoms with Crippen molar-refractivity contribution >= 4 is 11.7 Å². The van der Waals surface area contributed by atoms with Crippen LogP contribution in [0, 0.1) is 12.8 Å². The van der Waals surface area contributed by atoms with Crippen LogP contribution in [0.1, 0.15) is 41.6 Å². The van der Waals surface area contributed by atoms with E-state index in [9.17, 15) is 4.79 Å². The van der Waals surface area contributed by atoms with Crippen LogP contribution in [0.25, 0.3) is 0 Å². The molecule has 5 nitrogen and oxygen atoms in total. The third kappa shape index (κ3) is 4.56. The Morgan fingerprint density at radius 1 is 1.28 bits per heavy atom. The molecule has 0 aliphatic carbocycles. The summed E-state index contributed by atoms with van der Waals surface area (Å²) in [6.45, 7) is 6.71. The molecule has 2 aromatic rings. The maximum absolute atomic E-state index is 12.2. The number of hydrogen-bond acceptors (Lipinski definition) is 4. The molecule has 1 atom stereocenters. The molecule has 5 heteroatoms. The molecule has 132 valence electrons. The van der Waals surface area contributed by atoms with Crippen LogP contribution < -0.4 is 10.2 Å². The number of rotatable bonds is 5. The van der Waals surface area contributed by atoms with Crippen LogP contribution in [-0.4, -0.2) is 35.5 Å². The number of piperidine rings is 1. The molecular formula is C20H26N4O. The van der Waals surface area contributed by atoms with Crippen molar-refractivity contribution in [2.24, 2.45) is 5.92 Å². The number of aromatic nitrogens is 2. The first-order valence-corrected chi connectivity index (χ1v) is 9.08. The van der Waals surface area contributed by atoms with E-state index in [1.165, 1.54) is 0 Å². The topological polar surface area (TPSA) is 58.1 Å². The van der Waals surface area contributed by atoms with Gasteiger partial charge >= 0.3 is 0 Å². The zero-order valence-corrected chi connectivity index (χ0v) is 15.0. The van der Waals surface area contributed by atoms with E-state index in [4.69, 9.17) is 0 Å². The highest BCUT2D eigenvalue weighted by atomic mass is 16.1. The molecule has 1 N–H and O–H groups in total. The Labute approximate surface area is 149 Å². The van der Waals surface area contributed by atoms with E-state index in [-0.39, 0.29) is 5.91 Å². The Bertz CT molecular complexity index is 717. The third-order valence-corrected chi connectivity index (χ3v) is 4.67. The van der Waals surface area contributed by atoms with Crippen molar-refractivity contribution in [3.63, 3.8) is 0 Å². The molecule has 1 fully saturated rings. The predicted octanol–water partition coefficient (Wildman–Crippen LogP) is 2.99. The quantitative estimate of drug-likeness (QED) is 0.910. The maximum atomic E-state index is 12.2. The van der Waals surface area contributed by atoms with Crippen LogP contribution in [0.3, 0.4) is 0 Å². The van der Waals surface area contributed by atoms with Gasteiger partial charge in [-0.3, -0.25) is 4.79 Å². The summed E-state index contributed by atoms with van der Waals surface area (Å²) < 4.78 is 0. The molecule has 1 amide bonds. The summed E-state index contributed by atoms with van der Waals surface area (Å²) in [5.74, 6) is 2.29. The van der Waals surface area contributed by atoms with E-state index >= 15 is 0 Å². The molecule has 1 aliphatic heterocycles. The molecule has 1 aliphatic rings. The predicted molar refractivity (Wildman–Crippen MR) is 99.9 cm³/mol. The first-order valence-electron chi connectivity index (χ1n) is 9.08. The second-order valence-corrected chi connectivity index (χ2v) is 6.65. The van der Waals surface area contributed by atoms with Crippen LogP contribution in [0.2, 0.25) is 0 Å². The monoisotopic (exact) mass is 338 g/mol. The number of anilines is 1. The summed E-state index contributed by atoms with van der Waals surface area (Å²) in [5, 5.41) is 3.08. The van der Waals surface area contributed by atoms with Gasteiger partial charge in [0.2, 0.25) is 0 Å². The second kappa shape index (κ2) is 8.10. The number of amides is 1. The van der Waals surface area contributed by atoms with Gasteiger partial charge in [-0.2, -0.15) is 0 Å². The van der Waals surface area contributed by atoms with Crippen molar-refractivity contribution in [2.45, 2.75) is 33.1 Å². The lowest BCUT2D eigenvalue weighted by molar-refractivity contribution is 0.0945. The number of nitrogens with zero attached hydrogens (tertiary/aromatic N) is 3. The van der Waals surface area contributed by atoms with Gasteiger partial charge in [0.1, 0.15) is 11.6 Å². The average molecular weight is 338 g/mol. The van der Waals surface area contributed by atoms with Gasteiger partial charge in [0, 0.05) is 37.0 Å². The minimum atomic E-state index is 0.00359.